The quantitative estimate of drug-likeness (QED) is 0.230. The van der Waals surface area contributed by atoms with E-state index in [1.54, 1.807) is 4.57 Å². The highest BCUT2D eigenvalue weighted by atomic mass is 16.5. The van der Waals surface area contributed by atoms with Crippen LogP contribution in [0.1, 0.15) is 67.7 Å². The summed E-state index contributed by atoms with van der Waals surface area (Å²) in [5.41, 5.74) is 7.34. The molecule has 0 saturated heterocycles. The maximum atomic E-state index is 14.0. The minimum Gasteiger partial charge on any atom is -0.296 e. The zero-order valence-corrected chi connectivity index (χ0v) is 23.4. The summed E-state index contributed by atoms with van der Waals surface area (Å²) in [7, 11) is 0. The fraction of sp³-hybridized carbons (Fsp3) is 0.273. The smallest absolute Gasteiger partial charge is 0.296 e. The van der Waals surface area contributed by atoms with Gasteiger partial charge in [-0.1, -0.05) is 93.0 Å². The van der Waals surface area contributed by atoms with E-state index in [9.17, 15) is 9.59 Å². The molecule has 2 aromatic heterocycles. The van der Waals surface area contributed by atoms with Crippen LogP contribution in [0.2, 0.25) is 0 Å². The standard InChI is InChI=1S/C33H34N4O3/c1-5-6-14-30-29(32(38)37(22(4)34-30)26-11-9-10-25(20-26)21(2)3)19-23-15-17-24(18-16-23)27-12-7-8-13-28(27)31-35-33(39)40-36-31/h7-13,15-18,20-21H,5-6,14,19H2,1-4H3,(H,35,36,39). The number of nitrogens with zero attached hydrogens (tertiary/aromatic N) is 3. The van der Waals surface area contributed by atoms with Gasteiger partial charge >= 0.3 is 5.76 Å². The number of benzene rings is 3. The summed E-state index contributed by atoms with van der Waals surface area (Å²) in [5, 5.41) is 3.86. The molecule has 0 radical (unpaired) electrons. The number of aromatic nitrogens is 4. The Balaban J connectivity index is 1.53. The molecule has 204 valence electrons. The van der Waals surface area contributed by atoms with Crippen LogP contribution < -0.4 is 11.3 Å². The van der Waals surface area contributed by atoms with Gasteiger partial charge in [0.2, 0.25) is 0 Å². The lowest BCUT2D eigenvalue weighted by atomic mass is 9.96. The molecule has 3 aromatic carbocycles. The van der Waals surface area contributed by atoms with Gasteiger partial charge in [-0.15, -0.1) is 0 Å². The van der Waals surface area contributed by atoms with E-state index in [1.165, 1.54) is 5.56 Å². The maximum absolute atomic E-state index is 14.0. The van der Waals surface area contributed by atoms with E-state index in [0.717, 1.165) is 58.5 Å². The normalized spacial score (nSPS) is 11.3. The van der Waals surface area contributed by atoms with Gasteiger partial charge in [0.15, 0.2) is 5.82 Å². The average molecular weight is 535 g/mol. The highest BCUT2D eigenvalue weighted by Gasteiger charge is 2.17. The van der Waals surface area contributed by atoms with Gasteiger partial charge in [0, 0.05) is 17.5 Å². The Hall–Kier alpha value is -4.52. The molecule has 7 nitrogen and oxygen atoms in total. The van der Waals surface area contributed by atoms with Crippen LogP contribution in [-0.2, 0) is 12.8 Å². The average Bonchev–Trinajstić information content (AvgIpc) is 3.40. The Bertz CT molecular complexity index is 1740. The fourth-order valence-electron chi connectivity index (χ4n) is 5.07. The number of unbranched alkanes of at least 4 members (excludes halogenated alkanes) is 1. The summed E-state index contributed by atoms with van der Waals surface area (Å²) < 4.78 is 6.46. The van der Waals surface area contributed by atoms with Gasteiger partial charge in [-0.3, -0.25) is 18.9 Å². The number of aryl methyl sites for hydroxylation is 2. The monoisotopic (exact) mass is 534 g/mol. The topological polar surface area (TPSA) is 93.8 Å². The van der Waals surface area contributed by atoms with Crippen LogP contribution in [0.15, 0.2) is 86.9 Å². The Labute approximate surface area is 233 Å². The number of aromatic amines is 1. The molecule has 0 saturated carbocycles. The summed E-state index contributed by atoms with van der Waals surface area (Å²) in [5.74, 6) is 0.865. The van der Waals surface area contributed by atoms with E-state index in [2.05, 4.69) is 43.0 Å². The zero-order chi connectivity index (χ0) is 28.2. The largest absolute Gasteiger partial charge is 0.439 e. The van der Waals surface area contributed by atoms with Crippen molar-refractivity contribution >= 4 is 0 Å². The minimum absolute atomic E-state index is 0.0103. The van der Waals surface area contributed by atoms with Crippen LogP contribution in [0.4, 0.5) is 0 Å². The van der Waals surface area contributed by atoms with Gasteiger partial charge in [0.25, 0.3) is 5.56 Å². The van der Waals surface area contributed by atoms with Gasteiger partial charge in [-0.25, -0.2) is 9.78 Å². The zero-order valence-electron chi connectivity index (χ0n) is 23.4. The molecule has 0 aliphatic rings. The Morgan fingerprint density at radius 1 is 0.950 bits per heavy atom. The predicted molar refractivity (Wildman–Crippen MR) is 158 cm³/mol. The molecule has 0 atom stereocenters. The van der Waals surface area contributed by atoms with E-state index in [1.807, 2.05) is 67.6 Å². The van der Waals surface area contributed by atoms with E-state index in [-0.39, 0.29) is 5.56 Å². The Morgan fingerprint density at radius 2 is 1.70 bits per heavy atom. The second-order valence-corrected chi connectivity index (χ2v) is 10.4. The van der Waals surface area contributed by atoms with Crippen molar-refractivity contribution in [3.8, 4) is 28.2 Å². The van der Waals surface area contributed by atoms with Crippen molar-refractivity contribution in [2.75, 3.05) is 0 Å². The number of nitrogens with one attached hydrogen (secondary N) is 1. The summed E-state index contributed by atoms with van der Waals surface area (Å²) in [4.78, 5) is 33.1. The number of rotatable bonds is 9. The van der Waals surface area contributed by atoms with Crippen LogP contribution in [0.25, 0.3) is 28.2 Å². The first-order valence-electron chi connectivity index (χ1n) is 13.8. The third-order valence-electron chi connectivity index (χ3n) is 7.26. The Kier molecular flexibility index (Phi) is 7.91. The van der Waals surface area contributed by atoms with E-state index in [0.29, 0.717) is 24.0 Å². The van der Waals surface area contributed by atoms with Crippen LogP contribution in [0, 0.1) is 6.92 Å². The second-order valence-electron chi connectivity index (χ2n) is 10.4. The molecule has 0 bridgehead atoms. The third kappa shape index (κ3) is 5.59. The van der Waals surface area contributed by atoms with Crippen LogP contribution in [0.5, 0.6) is 0 Å². The van der Waals surface area contributed by atoms with Gasteiger partial charge < -0.3 is 0 Å². The van der Waals surface area contributed by atoms with Gasteiger partial charge in [0.05, 0.1) is 11.4 Å². The van der Waals surface area contributed by atoms with Crippen molar-refractivity contribution < 1.29 is 4.52 Å². The third-order valence-corrected chi connectivity index (χ3v) is 7.26. The molecule has 5 rings (SSSR count). The molecule has 0 fully saturated rings. The summed E-state index contributed by atoms with van der Waals surface area (Å²) in [6.45, 7) is 8.37. The number of hydrogen-bond acceptors (Lipinski definition) is 5. The summed E-state index contributed by atoms with van der Waals surface area (Å²) >= 11 is 0. The van der Waals surface area contributed by atoms with E-state index in [4.69, 9.17) is 9.51 Å². The van der Waals surface area contributed by atoms with Crippen LogP contribution >= 0.6 is 0 Å². The molecular formula is C33H34N4O3. The van der Waals surface area contributed by atoms with Crippen molar-refractivity contribution in [2.24, 2.45) is 0 Å². The molecule has 0 amide bonds. The molecule has 0 aliphatic heterocycles. The summed E-state index contributed by atoms with van der Waals surface area (Å²) in [6, 6.07) is 24.0. The van der Waals surface area contributed by atoms with Crippen molar-refractivity contribution in [3.05, 3.63) is 122 Å². The lowest BCUT2D eigenvalue weighted by molar-refractivity contribution is 0.388. The van der Waals surface area contributed by atoms with Crippen molar-refractivity contribution in [1.29, 1.82) is 0 Å². The van der Waals surface area contributed by atoms with Crippen LogP contribution in [0.3, 0.4) is 0 Å². The SMILES string of the molecule is CCCCc1nc(C)n(-c2cccc(C(C)C)c2)c(=O)c1Cc1ccc(-c2ccccc2-c2noc(=O)[nH]2)cc1. The molecule has 5 aromatic rings. The maximum Gasteiger partial charge on any atom is 0.439 e. The molecule has 2 heterocycles. The molecule has 0 spiro atoms. The predicted octanol–water partition coefficient (Wildman–Crippen LogP) is 6.61. The van der Waals surface area contributed by atoms with Crippen molar-refractivity contribution in [2.45, 2.75) is 59.3 Å². The Morgan fingerprint density at radius 3 is 2.38 bits per heavy atom. The minimum atomic E-state index is -0.590. The number of hydrogen-bond donors (Lipinski definition) is 1. The summed E-state index contributed by atoms with van der Waals surface area (Å²) in [6.07, 6.45) is 3.28. The lowest BCUT2D eigenvalue weighted by Gasteiger charge is -2.17. The highest BCUT2D eigenvalue weighted by molar-refractivity contribution is 5.80. The first-order valence-corrected chi connectivity index (χ1v) is 13.8. The second kappa shape index (κ2) is 11.7. The van der Waals surface area contributed by atoms with Gasteiger partial charge in [0.1, 0.15) is 5.82 Å². The molecule has 40 heavy (non-hydrogen) atoms. The fourth-order valence-corrected chi connectivity index (χ4v) is 5.07. The van der Waals surface area contributed by atoms with Crippen molar-refractivity contribution in [1.82, 2.24) is 19.7 Å². The first-order chi connectivity index (χ1) is 19.4. The van der Waals surface area contributed by atoms with Crippen molar-refractivity contribution in [3.63, 3.8) is 0 Å². The van der Waals surface area contributed by atoms with Gasteiger partial charge in [-0.2, -0.15) is 0 Å². The van der Waals surface area contributed by atoms with E-state index >= 15 is 0 Å². The van der Waals surface area contributed by atoms with E-state index < -0.39 is 5.76 Å². The highest BCUT2D eigenvalue weighted by Crippen LogP contribution is 2.30. The molecule has 0 aliphatic carbocycles. The van der Waals surface area contributed by atoms with Crippen LogP contribution in [-0.4, -0.2) is 19.7 Å². The molecule has 0 unspecified atom stereocenters. The molecular weight excluding hydrogens is 500 g/mol. The molecule has 7 heteroatoms. The molecule has 1 N–H and O–H groups in total. The first kappa shape index (κ1) is 27.1. The number of H-pyrrole nitrogens is 1. The van der Waals surface area contributed by atoms with Gasteiger partial charge in [-0.05, 0) is 60.1 Å². The lowest BCUT2D eigenvalue weighted by Crippen LogP contribution is -2.28.